The smallest absolute Gasteiger partial charge is 0.291 e. The minimum Gasteiger partial charge on any atom is -0.459 e. The van der Waals surface area contributed by atoms with Crippen LogP contribution in [0.3, 0.4) is 0 Å². The van der Waals surface area contributed by atoms with E-state index in [1.54, 1.807) is 36.4 Å². The molecule has 1 aromatic heterocycles. The van der Waals surface area contributed by atoms with Crippen LogP contribution in [-0.4, -0.2) is 42.9 Å². The molecular formula is C22H21N3O3. The van der Waals surface area contributed by atoms with Gasteiger partial charge in [0, 0.05) is 43.1 Å². The summed E-state index contributed by atoms with van der Waals surface area (Å²) in [6.45, 7) is 3.00. The van der Waals surface area contributed by atoms with E-state index in [1.165, 1.54) is 12.0 Å². The average molecular weight is 375 g/mol. The normalized spacial score (nSPS) is 14.0. The first-order valence-corrected chi connectivity index (χ1v) is 9.25. The Morgan fingerprint density at radius 1 is 0.821 bits per heavy atom. The van der Waals surface area contributed by atoms with E-state index in [2.05, 4.69) is 22.3 Å². The number of carbonyl (C=O) groups is 2. The van der Waals surface area contributed by atoms with Gasteiger partial charge in [-0.25, -0.2) is 0 Å². The predicted molar refractivity (Wildman–Crippen MR) is 108 cm³/mol. The van der Waals surface area contributed by atoms with Gasteiger partial charge < -0.3 is 19.5 Å². The number of furan rings is 1. The molecule has 0 bridgehead atoms. The summed E-state index contributed by atoms with van der Waals surface area (Å²) in [5.41, 5.74) is 2.42. The SMILES string of the molecule is O=C(Nc1ccc(C(=O)N2CCN(c3ccccc3)CC2)cc1)c1ccco1. The van der Waals surface area contributed by atoms with Gasteiger partial charge in [-0.1, -0.05) is 18.2 Å². The number of hydrogen-bond donors (Lipinski definition) is 1. The van der Waals surface area contributed by atoms with Gasteiger partial charge >= 0.3 is 0 Å². The van der Waals surface area contributed by atoms with Crippen molar-refractivity contribution in [3.63, 3.8) is 0 Å². The molecule has 0 aliphatic carbocycles. The highest BCUT2D eigenvalue weighted by molar-refractivity contribution is 6.02. The maximum absolute atomic E-state index is 12.8. The fourth-order valence-electron chi connectivity index (χ4n) is 3.29. The van der Waals surface area contributed by atoms with Crippen molar-refractivity contribution in [1.82, 2.24) is 4.90 Å². The third-order valence-electron chi connectivity index (χ3n) is 4.82. The molecule has 0 spiro atoms. The number of piperazine rings is 1. The lowest BCUT2D eigenvalue weighted by Crippen LogP contribution is -2.48. The quantitative estimate of drug-likeness (QED) is 0.758. The summed E-state index contributed by atoms with van der Waals surface area (Å²) < 4.78 is 5.07. The van der Waals surface area contributed by atoms with Gasteiger partial charge in [0.15, 0.2) is 5.76 Å². The Labute approximate surface area is 163 Å². The Balaban J connectivity index is 1.34. The van der Waals surface area contributed by atoms with Crippen LogP contribution in [0.2, 0.25) is 0 Å². The van der Waals surface area contributed by atoms with Crippen LogP contribution in [0.5, 0.6) is 0 Å². The molecule has 1 N–H and O–H groups in total. The Hall–Kier alpha value is -3.54. The number of benzene rings is 2. The molecule has 0 unspecified atom stereocenters. The molecule has 0 saturated carbocycles. The van der Waals surface area contributed by atoms with Crippen molar-refractivity contribution in [1.29, 1.82) is 0 Å². The zero-order chi connectivity index (χ0) is 19.3. The molecule has 2 aromatic carbocycles. The Morgan fingerprint density at radius 2 is 1.54 bits per heavy atom. The van der Waals surface area contributed by atoms with E-state index in [0.717, 1.165) is 13.1 Å². The second kappa shape index (κ2) is 8.00. The highest BCUT2D eigenvalue weighted by atomic mass is 16.3. The Kier molecular flexibility index (Phi) is 5.10. The van der Waals surface area contributed by atoms with Gasteiger partial charge in [0.2, 0.25) is 0 Å². The summed E-state index contributed by atoms with van der Waals surface area (Å²) in [5, 5.41) is 2.75. The fourth-order valence-corrected chi connectivity index (χ4v) is 3.29. The van der Waals surface area contributed by atoms with Crippen LogP contribution in [0.15, 0.2) is 77.4 Å². The highest BCUT2D eigenvalue weighted by Crippen LogP contribution is 2.18. The number of anilines is 2. The van der Waals surface area contributed by atoms with Crippen molar-refractivity contribution in [3.05, 3.63) is 84.3 Å². The molecule has 0 atom stereocenters. The average Bonchev–Trinajstić information content (AvgIpc) is 3.30. The van der Waals surface area contributed by atoms with Crippen molar-refractivity contribution < 1.29 is 14.0 Å². The molecule has 3 aromatic rings. The number of nitrogens with zero attached hydrogens (tertiary/aromatic N) is 2. The van der Waals surface area contributed by atoms with Crippen molar-refractivity contribution in [2.45, 2.75) is 0 Å². The highest BCUT2D eigenvalue weighted by Gasteiger charge is 2.22. The third-order valence-corrected chi connectivity index (χ3v) is 4.82. The molecule has 28 heavy (non-hydrogen) atoms. The number of carbonyl (C=O) groups excluding carboxylic acids is 2. The topological polar surface area (TPSA) is 65.8 Å². The van der Waals surface area contributed by atoms with Crippen molar-refractivity contribution in [2.75, 3.05) is 36.4 Å². The first kappa shape index (κ1) is 17.9. The molecule has 6 nitrogen and oxygen atoms in total. The standard InChI is InChI=1S/C22H21N3O3/c26-21(20-7-4-16-28-20)23-18-10-8-17(9-11-18)22(27)25-14-12-24(13-15-25)19-5-2-1-3-6-19/h1-11,16H,12-15H2,(H,23,26). The Morgan fingerprint density at radius 3 is 2.18 bits per heavy atom. The molecule has 1 fully saturated rings. The van der Waals surface area contributed by atoms with E-state index in [-0.39, 0.29) is 17.6 Å². The molecule has 4 rings (SSSR count). The third kappa shape index (κ3) is 3.91. The minimum absolute atomic E-state index is 0.0108. The van der Waals surface area contributed by atoms with Gasteiger partial charge in [-0.3, -0.25) is 9.59 Å². The zero-order valence-electron chi connectivity index (χ0n) is 15.4. The van der Waals surface area contributed by atoms with Gasteiger partial charge in [-0.15, -0.1) is 0 Å². The number of nitrogens with one attached hydrogen (secondary N) is 1. The van der Waals surface area contributed by atoms with Crippen LogP contribution in [-0.2, 0) is 0 Å². The molecule has 1 aliphatic heterocycles. The lowest BCUT2D eigenvalue weighted by Gasteiger charge is -2.36. The van der Waals surface area contributed by atoms with E-state index in [1.807, 2.05) is 23.1 Å². The van der Waals surface area contributed by atoms with Gasteiger partial charge in [-0.2, -0.15) is 0 Å². The summed E-state index contributed by atoms with van der Waals surface area (Å²) >= 11 is 0. The van der Waals surface area contributed by atoms with Crippen molar-refractivity contribution in [3.8, 4) is 0 Å². The molecule has 2 heterocycles. The maximum Gasteiger partial charge on any atom is 0.291 e. The van der Waals surface area contributed by atoms with E-state index < -0.39 is 0 Å². The lowest BCUT2D eigenvalue weighted by molar-refractivity contribution is 0.0746. The summed E-state index contributed by atoms with van der Waals surface area (Å²) in [4.78, 5) is 28.9. The van der Waals surface area contributed by atoms with Gasteiger partial charge in [0.25, 0.3) is 11.8 Å². The van der Waals surface area contributed by atoms with Gasteiger partial charge in [0.05, 0.1) is 6.26 Å². The number of para-hydroxylation sites is 1. The summed E-state index contributed by atoms with van der Waals surface area (Å²) in [5.74, 6) is -0.0610. The molecule has 142 valence electrons. The monoisotopic (exact) mass is 375 g/mol. The van der Waals surface area contributed by atoms with Crippen LogP contribution in [0.25, 0.3) is 0 Å². The van der Waals surface area contributed by atoms with Gasteiger partial charge in [0.1, 0.15) is 0 Å². The minimum atomic E-state index is -0.318. The predicted octanol–water partition coefficient (Wildman–Crippen LogP) is 3.49. The molecule has 2 amide bonds. The van der Waals surface area contributed by atoms with Crippen LogP contribution in [0.4, 0.5) is 11.4 Å². The van der Waals surface area contributed by atoms with Crippen LogP contribution in [0.1, 0.15) is 20.9 Å². The fraction of sp³-hybridized carbons (Fsp3) is 0.182. The molecule has 0 radical (unpaired) electrons. The van der Waals surface area contributed by atoms with Crippen molar-refractivity contribution >= 4 is 23.2 Å². The lowest BCUT2D eigenvalue weighted by atomic mass is 10.1. The van der Waals surface area contributed by atoms with E-state index in [0.29, 0.717) is 24.3 Å². The summed E-state index contributed by atoms with van der Waals surface area (Å²) in [7, 11) is 0. The maximum atomic E-state index is 12.8. The molecule has 1 saturated heterocycles. The first-order valence-electron chi connectivity index (χ1n) is 9.25. The summed E-state index contributed by atoms with van der Waals surface area (Å²) in [6.07, 6.45) is 1.45. The van der Waals surface area contributed by atoms with Crippen LogP contribution >= 0.6 is 0 Å². The van der Waals surface area contributed by atoms with E-state index in [4.69, 9.17) is 4.42 Å². The number of rotatable bonds is 4. The van der Waals surface area contributed by atoms with E-state index in [9.17, 15) is 9.59 Å². The zero-order valence-corrected chi connectivity index (χ0v) is 15.4. The van der Waals surface area contributed by atoms with Crippen LogP contribution < -0.4 is 10.2 Å². The number of amides is 2. The summed E-state index contributed by atoms with van der Waals surface area (Å²) in [6, 6.07) is 20.4. The van der Waals surface area contributed by atoms with Crippen LogP contribution in [0, 0.1) is 0 Å². The second-order valence-corrected chi connectivity index (χ2v) is 6.62. The molecule has 1 aliphatic rings. The number of hydrogen-bond acceptors (Lipinski definition) is 4. The van der Waals surface area contributed by atoms with Crippen molar-refractivity contribution in [2.24, 2.45) is 0 Å². The van der Waals surface area contributed by atoms with E-state index >= 15 is 0 Å². The largest absolute Gasteiger partial charge is 0.459 e. The second-order valence-electron chi connectivity index (χ2n) is 6.62. The molecular weight excluding hydrogens is 354 g/mol. The first-order chi connectivity index (χ1) is 13.7. The Bertz CT molecular complexity index is 929. The van der Waals surface area contributed by atoms with Gasteiger partial charge in [-0.05, 0) is 48.5 Å². The molecule has 6 heteroatoms.